The molecule has 1 amide bonds. The van der Waals surface area contributed by atoms with E-state index in [1.807, 2.05) is 30.3 Å². The second-order valence-corrected chi connectivity index (χ2v) is 2.96. The van der Waals surface area contributed by atoms with Gasteiger partial charge in [0.15, 0.2) is 0 Å². The Bertz CT molecular complexity index is 346. The molecule has 1 atom stereocenters. The quantitative estimate of drug-likeness (QED) is 0.531. The van der Waals surface area contributed by atoms with Gasteiger partial charge in [0.05, 0.1) is 0 Å². The van der Waals surface area contributed by atoms with Crippen LogP contribution in [0.25, 0.3) is 0 Å². The molecule has 0 radical (unpaired) electrons. The van der Waals surface area contributed by atoms with Crippen LogP contribution < -0.4 is 11.5 Å². The maximum absolute atomic E-state index is 10.7. The molecule has 1 rings (SSSR count). The van der Waals surface area contributed by atoms with Crippen LogP contribution in [0.4, 0.5) is 0 Å². The molecule has 1 aromatic carbocycles. The molecule has 0 aliphatic rings. The number of carbonyl (C=O) groups excluding carboxylic acids is 1. The third kappa shape index (κ3) is 2.58. The number of carbonyl (C=O) groups is 1. The van der Waals surface area contributed by atoms with Gasteiger partial charge >= 0.3 is 0 Å². The third-order valence-corrected chi connectivity index (χ3v) is 1.81. The van der Waals surface area contributed by atoms with E-state index in [1.165, 1.54) is 0 Å². The molecular formula is C10H13N3O. The number of amidine groups is 1. The summed E-state index contributed by atoms with van der Waals surface area (Å²) in [4.78, 5) is 14.7. The molecule has 4 N–H and O–H groups in total. The lowest BCUT2D eigenvalue weighted by Crippen LogP contribution is -2.27. The maximum atomic E-state index is 10.7. The van der Waals surface area contributed by atoms with Crippen LogP contribution >= 0.6 is 0 Å². The van der Waals surface area contributed by atoms with Crippen LogP contribution in [0, 0.1) is 0 Å². The first-order valence-corrected chi connectivity index (χ1v) is 4.29. The molecule has 0 saturated carbocycles. The molecule has 0 aliphatic carbocycles. The van der Waals surface area contributed by atoms with Crippen molar-refractivity contribution in [3.8, 4) is 0 Å². The fourth-order valence-corrected chi connectivity index (χ4v) is 0.956. The van der Waals surface area contributed by atoms with Gasteiger partial charge in [-0.3, -0.25) is 9.79 Å². The first kappa shape index (κ1) is 10.2. The number of nitrogens with zero attached hydrogens (tertiary/aromatic N) is 1. The van der Waals surface area contributed by atoms with Crippen molar-refractivity contribution in [2.75, 3.05) is 0 Å². The molecule has 1 aromatic rings. The minimum absolute atomic E-state index is 0.330. The van der Waals surface area contributed by atoms with Crippen molar-refractivity contribution in [1.29, 1.82) is 0 Å². The molecule has 0 heterocycles. The summed E-state index contributed by atoms with van der Waals surface area (Å²) >= 11 is 0. The molecule has 4 heteroatoms. The Morgan fingerprint density at radius 3 is 2.36 bits per heavy atom. The zero-order valence-electron chi connectivity index (χ0n) is 7.97. The lowest BCUT2D eigenvalue weighted by molar-refractivity contribution is -0.118. The molecule has 4 nitrogen and oxygen atoms in total. The molecule has 14 heavy (non-hydrogen) atoms. The monoisotopic (exact) mass is 191 g/mol. The molecule has 0 spiro atoms. The van der Waals surface area contributed by atoms with E-state index in [1.54, 1.807) is 6.92 Å². The predicted octanol–water partition coefficient (Wildman–Crippen LogP) is 0.266. The lowest BCUT2D eigenvalue weighted by Gasteiger charge is -2.04. The average molecular weight is 191 g/mol. The smallest absolute Gasteiger partial charge is 0.242 e. The highest BCUT2D eigenvalue weighted by molar-refractivity contribution is 5.98. The Labute approximate surface area is 82.6 Å². The molecular weight excluding hydrogens is 178 g/mol. The van der Waals surface area contributed by atoms with E-state index in [4.69, 9.17) is 11.5 Å². The van der Waals surface area contributed by atoms with Gasteiger partial charge in [-0.25, -0.2) is 0 Å². The van der Waals surface area contributed by atoms with Crippen LogP contribution in [0.15, 0.2) is 35.3 Å². The number of benzene rings is 1. The van der Waals surface area contributed by atoms with Crippen LogP contribution in [0.3, 0.4) is 0 Å². The summed E-state index contributed by atoms with van der Waals surface area (Å²) in [6, 6.07) is 8.65. The Morgan fingerprint density at radius 1 is 1.29 bits per heavy atom. The number of primary amides is 1. The predicted molar refractivity (Wildman–Crippen MR) is 55.8 cm³/mol. The molecule has 74 valence electrons. The van der Waals surface area contributed by atoms with E-state index in [2.05, 4.69) is 4.99 Å². The van der Waals surface area contributed by atoms with Gasteiger partial charge in [-0.2, -0.15) is 0 Å². The van der Waals surface area contributed by atoms with E-state index in [-0.39, 0.29) is 0 Å². The second kappa shape index (κ2) is 4.41. The van der Waals surface area contributed by atoms with Crippen molar-refractivity contribution in [2.24, 2.45) is 16.5 Å². The van der Waals surface area contributed by atoms with Gasteiger partial charge in [0.1, 0.15) is 11.9 Å². The fraction of sp³-hybridized carbons (Fsp3) is 0.200. The Kier molecular flexibility index (Phi) is 3.23. The number of hydrogen-bond donors (Lipinski definition) is 2. The summed E-state index contributed by atoms with van der Waals surface area (Å²) in [7, 11) is 0. The molecule has 0 fully saturated rings. The van der Waals surface area contributed by atoms with Crippen molar-refractivity contribution in [3.63, 3.8) is 0 Å². The number of amides is 1. The lowest BCUT2D eigenvalue weighted by atomic mass is 10.2. The van der Waals surface area contributed by atoms with E-state index in [0.717, 1.165) is 5.56 Å². The van der Waals surface area contributed by atoms with Gasteiger partial charge in [0.25, 0.3) is 0 Å². The molecule has 0 aliphatic heterocycles. The van der Waals surface area contributed by atoms with E-state index >= 15 is 0 Å². The van der Waals surface area contributed by atoms with Gasteiger partial charge in [-0.1, -0.05) is 30.3 Å². The van der Waals surface area contributed by atoms with Gasteiger partial charge < -0.3 is 11.5 Å². The van der Waals surface area contributed by atoms with Crippen LogP contribution in [0.5, 0.6) is 0 Å². The zero-order chi connectivity index (χ0) is 10.6. The maximum Gasteiger partial charge on any atom is 0.242 e. The van der Waals surface area contributed by atoms with Gasteiger partial charge in [0, 0.05) is 5.56 Å². The standard InChI is InChI=1S/C10H13N3O/c1-7(10(12)14)13-9(11)8-5-3-2-4-6-8/h2-7H,1H3,(H2,11,13)(H2,12,14). The minimum atomic E-state index is -0.588. The summed E-state index contributed by atoms with van der Waals surface area (Å²) in [5.41, 5.74) is 11.5. The average Bonchev–Trinajstić information content (AvgIpc) is 2.19. The minimum Gasteiger partial charge on any atom is -0.383 e. The summed E-state index contributed by atoms with van der Waals surface area (Å²) < 4.78 is 0. The molecule has 0 bridgehead atoms. The highest BCUT2D eigenvalue weighted by Gasteiger charge is 2.07. The highest BCUT2D eigenvalue weighted by atomic mass is 16.1. The molecule has 0 aromatic heterocycles. The topological polar surface area (TPSA) is 81.5 Å². The first-order chi connectivity index (χ1) is 6.61. The van der Waals surface area contributed by atoms with Crippen LogP contribution in [0.2, 0.25) is 0 Å². The summed E-state index contributed by atoms with van der Waals surface area (Å²) in [6.07, 6.45) is 0. The number of rotatable bonds is 3. The van der Waals surface area contributed by atoms with E-state index < -0.39 is 11.9 Å². The Balaban J connectivity index is 2.85. The highest BCUT2D eigenvalue weighted by Crippen LogP contribution is 1.99. The number of hydrogen-bond acceptors (Lipinski definition) is 2. The third-order valence-electron chi connectivity index (χ3n) is 1.81. The van der Waals surface area contributed by atoms with Crippen molar-refractivity contribution in [2.45, 2.75) is 13.0 Å². The molecule has 1 unspecified atom stereocenters. The van der Waals surface area contributed by atoms with E-state index in [9.17, 15) is 4.79 Å². The zero-order valence-corrected chi connectivity index (χ0v) is 7.97. The summed E-state index contributed by atoms with van der Waals surface area (Å²) in [5, 5.41) is 0. The largest absolute Gasteiger partial charge is 0.383 e. The fourth-order valence-electron chi connectivity index (χ4n) is 0.956. The van der Waals surface area contributed by atoms with Gasteiger partial charge in [-0.05, 0) is 6.92 Å². The van der Waals surface area contributed by atoms with E-state index in [0.29, 0.717) is 5.84 Å². The van der Waals surface area contributed by atoms with Gasteiger partial charge in [0.2, 0.25) is 5.91 Å². The van der Waals surface area contributed by atoms with Crippen molar-refractivity contribution >= 4 is 11.7 Å². The second-order valence-electron chi connectivity index (χ2n) is 2.96. The number of nitrogens with two attached hydrogens (primary N) is 2. The van der Waals surface area contributed by atoms with Crippen LogP contribution in [0.1, 0.15) is 12.5 Å². The van der Waals surface area contributed by atoms with Gasteiger partial charge in [-0.15, -0.1) is 0 Å². The van der Waals surface area contributed by atoms with Crippen LogP contribution in [-0.4, -0.2) is 17.8 Å². The SMILES string of the molecule is CC(N=C(N)c1ccccc1)C(N)=O. The van der Waals surface area contributed by atoms with Crippen molar-refractivity contribution < 1.29 is 4.79 Å². The Hall–Kier alpha value is -1.84. The molecule has 0 saturated heterocycles. The first-order valence-electron chi connectivity index (χ1n) is 4.29. The summed E-state index contributed by atoms with van der Waals surface area (Å²) in [6.45, 7) is 1.61. The Morgan fingerprint density at radius 2 is 1.86 bits per heavy atom. The number of aliphatic imine (C=N–C) groups is 1. The van der Waals surface area contributed by atoms with Crippen molar-refractivity contribution in [1.82, 2.24) is 0 Å². The summed E-state index contributed by atoms with van der Waals surface area (Å²) in [5.74, 6) is -0.152. The van der Waals surface area contributed by atoms with Crippen LogP contribution in [-0.2, 0) is 4.79 Å². The normalized spacial score (nSPS) is 13.6. The van der Waals surface area contributed by atoms with Crippen molar-refractivity contribution in [3.05, 3.63) is 35.9 Å².